The van der Waals surface area contributed by atoms with Gasteiger partial charge < -0.3 is 10.1 Å². The van der Waals surface area contributed by atoms with Crippen LogP contribution in [0.3, 0.4) is 0 Å². The average Bonchev–Trinajstić information content (AvgIpc) is 3.39. The minimum Gasteiger partial charge on any atom is -0.456 e. The van der Waals surface area contributed by atoms with Crippen LogP contribution in [-0.2, 0) is 30.1 Å². The third-order valence-electron chi connectivity index (χ3n) is 6.43. The number of hydrogen-bond acceptors (Lipinski definition) is 5. The number of nitrogens with one attached hydrogen (secondary N) is 1. The predicted octanol–water partition coefficient (Wildman–Crippen LogP) is 2.61. The zero-order valence-corrected chi connectivity index (χ0v) is 16.5. The number of carbonyl (C=O) groups excluding carboxylic acids is 4. The molecule has 3 fully saturated rings. The first-order chi connectivity index (χ1) is 14.7. The highest BCUT2D eigenvalue weighted by Crippen LogP contribution is 2.56. The largest absolute Gasteiger partial charge is 0.456 e. The smallest absolute Gasteiger partial charge is 0.418 e. The zero-order valence-electron chi connectivity index (χ0n) is 16.5. The van der Waals surface area contributed by atoms with E-state index in [0.717, 1.165) is 36.3 Å². The molecule has 2 aliphatic carbocycles. The number of rotatable bonds is 6. The number of carbonyl (C=O) groups is 4. The Morgan fingerprint density at radius 1 is 1.06 bits per heavy atom. The van der Waals surface area contributed by atoms with E-state index in [9.17, 15) is 32.3 Å². The standard InChI is InChI=1S/C21H21F3N2O5/c22-21(23,24)13-3-1-2-4-14(13)25-15(27)10-31-16(28)7-8-26-19(29)17-11-5-6-12(9-11)18(17)20(26)30/h1-4,11-12,17-18H,5-10H2,(H,25,27)/t11-,12-,17-,18-/m0/s1. The lowest BCUT2D eigenvalue weighted by Gasteiger charge is -2.19. The van der Waals surface area contributed by atoms with E-state index in [2.05, 4.69) is 5.32 Å². The van der Waals surface area contributed by atoms with Gasteiger partial charge in [0.15, 0.2) is 6.61 Å². The number of likely N-dealkylation sites (tertiary alicyclic amines) is 1. The highest BCUT2D eigenvalue weighted by Gasteiger charge is 2.60. The van der Waals surface area contributed by atoms with E-state index in [1.807, 2.05) is 0 Å². The number of benzene rings is 1. The van der Waals surface area contributed by atoms with E-state index in [-0.39, 0.29) is 48.5 Å². The zero-order chi connectivity index (χ0) is 22.3. The Kier molecular flexibility index (Phi) is 5.49. The molecule has 31 heavy (non-hydrogen) atoms. The molecule has 3 amide bonds. The lowest BCUT2D eigenvalue weighted by Crippen LogP contribution is -2.35. The molecule has 2 saturated carbocycles. The molecule has 0 unspecified atom stereocenters. The van der Waals surface area contributed by atoms with E-state index in [4.69, 9.17) is 4.74 Å². The van der Waals surface area contributed by atoms with Gasteiger partial charge in [-0.2, -0.15) is 13.2 Å². The van der Waals surface area contributed by atoms with Gasteiger partial charge in [0.05, 0.1) is 29.5 Å². The van der Waals surface area contributed by atoms with E-state index in [1.165, 1.54) is 12.1 Å². The maximum atomic E-state index is 13.0. The minimum absolute atomic E-state index is 0.124. The van der Waals surface area contributed by atoms with E-state index >= 15 is 0 Å². The average molecular weight is 438 g/mol. The summed E-state index contributed by atoms with van der Waals surface area (Å²) in [5.74, 6) is -2.29. The fourth-order valence-corrected chi connectivity index (χ4v) is 5.14. The first-order valence-corrected chi connectivity index (χ1v) is 10.1. The molecule has 1 saturated heterocycles. The number of amides is 3. The van der Waals surface area contributed by atoms with Crippen LogP contribution in [-0.4, -0.2) is 41.7 Å². The molecule has 1 aromatic rings. The van der Waals surface area contributed by atoms with Crippen molar-refractivity contribution >= 4 is 29.4 Å². The number of para-hydroxylation sites is 1. The van der Waals surface area contributed by atoms with Crippen LogP contribution in [0.2, 0.25) is 0 Å². The van der Waals surface area contributed by atoms with Crippen LogP contribution in [0.15, 0.2) is 24.3 Å². The topological polar surface area (TPSA) is 92.8 Å². The van der Waals surface area contributed by atoms with Crippen molar-refractivity contribution in [3.05, 3.63) is 29.8 Å². The van der Waals surface area contributed by atoms with Crippen molar-refractivity contribution in [3.63, 3.8) is 0 Å². The predicted molar refractivity (Wildman–Crippen MR) is 100 cm³/mol. The number of imide groups is 1. The van der Waals surface area contributed by atoms with Gasteiger partial charge >= 0.3 is 12.1 Å². The second kappa shape index (κ2) is 7.97. The van der Waals surface area contributed by atoms with Crippen molar-refractivity contribution in [2.45, 2.75) is 31.9 Å². The van der Waals surface area contributed by atoms with Crippen LogP contribution >= 0.6 is 0 Å². The summed E-state index contributed by atoms with van der Waals surface area (Å²) in [6, 6.07) is 4.45. The summed E-state index contributed by atoms with van der Waals surface area (Å²) in [7, 11) is 0. The summed E-state index contributed by atoms with van der Waals surface area (Å²) in [6.07, 6.45) is -2.11. The number of anilines is 1. The second-order valence-electron chi connectivity index (χ2n) is 8.22. The first kappa shape index (κ1) is 21.3. The third-order valence-corrected chi connectivity index (χ3v) is 6.43. The van der Waals surface area contributed by atoms with Gasteiger partial charge in [0.2, 0.25) is 11.8 Å². The fraction of sp³-hybridized carbons (Fsp3) is 0.524. The summed E-state index contributed by atoms with van der Waals surface area (Å²) in [4.78, 5) is 50.1. The van der Waals surface area contributed by atoms with Gasteiger partial charge in [-0.3, -0.25) is 24.1 Å². The molecule has 4 atom stereocenters. The monoisotopic (exact) mass is 438 g/mol. The van der Waals surface area contributed by atoms with E-state index < -0.39 is 35.9 Å². The lowest BCUT2D eigenvalue weighted by molar-refractivity contribution is -0.149. The quantitative estimate of drug-likeness (QED) is 0.545. The molecule has 3 aliphatic rings. The van der Waals surface area contributed by atoms with Crippen LogP contribution in [0.25, 0.3) is 0 Å². The van der Waals surface area contributed by atoms with Crippen LogP contribution in [0.4, 0.5) is 18.9 Å². The molecule has 1 aromatic carbocycles. The number of nitrogens with zero attached hydrogens (tertiary/aromatic N) is 1. The molecule has 7 nitrogen and oxygen atoms in total. The molecule has 1 heterocycles. The van der Waals surface area contributed by atoms with E-state index in [0.29, 0.717) is 0 Å². The summed E-state index contributed by atoms with van der Waals surface area (Å²) in [5.41, 5.74) is -1.45. The molecule has 4 rings (SSSR count). The Morgan fingerprint density at radius 3 is 2.29 bits per heavy atom. The van der Waals surface area contributed by atoms with Gasteiger partial charge in [0, 0.05) is 6.54 Å². The Hall–Kier alpha value is -2.91. The van der Waals surface area contributed by atoms with Crippen molar-refractivity contribution in [2.24, 2.45) is 23.7 Å². The van der Waals surface area contributed by atoms with Crippen molar-refractivity contribution in [3.8, 4) is 0 Å². The highest BCUT2D eigenvalue weighted by atomic mass is 19.4. The Labute approximate surface area is 175 Å². The molecular formula is C21H21F3N2O5. The molecule has 0 aromatic heterocycles. The van der Waals surface area contributed by atoms with Crippen molar-refractivity contribution in [2.75, 3.05) is 18.5 Å². The molecule has 10 heteroatoms. The van der Waals surface area contributed by atoms with Gasteiger partial charge in [0.1, 0.15) is 0 Å². The van der Waals surface area contributed by atoms with Crippen LogP contribution in [0.5, 0.6) is 0 Å². The number of halogens is 3. The van der Waals surface area contributed by atoms with Gasteiger partial charge in [0.25, 0.3) is 5.91 Å². The first-order valence-electron chi connectivity index (χ1n) is 10.1. The second-order valence-corrected chi connectivity index (χ2v) is 8.22. The lowest BCUT2D eigenvalue weighted by atomic mass is 9.81. The number of esters is 1. The van der Waals surface area contributed by atoms with Gasteiger partial charge in [-0.15, -0.1) is 0 Å². The number of hydrogen-bond donors (Lipinski definition) is 1. The maximum absolute atomic E-state index is 13.0. The van der Waals surface area contributed by atoms with E-state index in [1.54, 1.807) is 0 Å². The normalized spacial score (nSPS) is 26.9. The maximum Gasteiger partial charge on any atom is 0.418 e. The van der Waals surface area contributed by atoms with Crippen LogP contribution < -0.4 is 5.32 Å². The number of fused-ring (bicyclic) bond motifs is 5. The summed E-state index contributed by atoms with van der Waals surface area (Å²) in [6.45, 7) is -0.899. The van der Waals surface area contributed by atoms with Crippen molar-refractivity contribution < 1.29 is 37.1 Å². The molecular weight excluding hydrogens is 417 g/mol. The van der Waals surface area contributed by atoms with Crippen LogP contribution in [0.1, 0.15) is 31.2 Å². The minimum atomic E-state index is -4.65. The molecule has 1 aliphatic heterocycles. The third kappa shape index (κ3) is 4.03. The fourth-order valence-electron chi connectivity index (χ4n) is 5.14. The Bertz CT molecular complexity index is 904. The Balaban J connectivity index is 1.26. The van der Waals surface area contributed by atoms with Crippen molar-refractivity contribution in [1.29, 1.82) is 0 Å². The van der Waals surface area contributed by atoms with Crippen LogP contribution in [0, 0.1) is 23.7 Å². The SMILES string of the molecule is O=C(COC(=O)CCN1C(=O)[C@H]2[C@H]3CC[C@@H](C3)[C@@H]2C1=O)Nc1ccccc1C(F)(F)F. The van der Waals surface area contributed by atoms with Gasteiger partial charge in [-0.05, 0) is 43.2 Å². The Morgan fingerprint density at radius 2 is 1.68 bits per heavy atom. The molecule has 166 valence electrons. The molecule has 0 radical (unpaired) electrons. The number of alkyl halides is 3. The summed E-state index contributed by atoms with van der Waals surface area (Å²) in [5, 5.41) is 2.07. The highest BCUT2D eigenvalue weighted by molar-refractivity contribution is 6.06. The number of ether oxygens (including phenoxy) is 1. The summed E-state index contributed by atoms with van der Waals surface area (Å²) >= 11 is 0. The van der Waals surface area contributed by atoms with Gasteiger partial charge in [-0.1, -0.05) is 12.1 Å². The molecule has 1 N–H and O–H groups in total. The summed E-state index contributed by atoms with van der Waals surface area (Å²) < 4.78 is 43.7. The van der Waals surface area contributed by atoms with Crippen molar-refractivity contribution in [1.82, 2.24) is 4.90 Å². The molecule has 0 spiro atoms. The van der Waals surface area contributed by atoms with Gasteiger partial charge in [-0.25, -0.2) is 0 Å². The molecule has 2 bridgehead atoms.